The average molecular weight is 372 g/mol. The summed E-state index contributed by atoms with van der Waals surface area (Å²) in [4.78, 5) is 0.296. The van der Waals surface area contributed by atoms with Crippen LogP contribution in [-0.4, -0.2) is 36.6 Å². The van der Waals surface area contributed by atoms with Gasteiger partial charge >= 0.3 is 0 Å². The van der Waals surface area contributed by atoms with Gasteiger partial charge in [0.1, 0.15) is 4.90 Å². The van der Waals surface area contributed by atoms with E-state index in [0.29, 0.717) is 22.8 Å². The SMILES string of the molecule is Cc1nn(Cc2ccc(Br)cc2)c(C)c1S(=O)(=O)N(C)C. The van der Waals surface area contributed by atoms with Crippen LogP contribution in [-0.2, 0) is 16.6 Å². The molecule has 2 rings (SSSR count). The summed E-state index contributed by atoms with van der Waals surface area (Å²) in [6, 6.07) is 7.89. The number of aryl methyl sites for hydroxylation is 1. The molecule has 0 atom stereocenters. The van der Waals surface area contributed by atoms with E-state index in [4.69, 9.17) is 0 Å². The molecule has 0 unspecified atom stereocenters. The van der Waals surface area contributed by atoms with E-state index in [1.165, 1.54) is 18.4 Å². The van der Waals surface area contributed by atoms with Gasteiger partial charge in [-0.25, -0.2) is 12.7 Å². The summed E-state index contributed by atoms with van der Waals surface area (Å²) in [7, 11) is -0.418. The predicted octanol–water partition coefficient (Wildman–Crippen LogP) is 2.56. The molecule has 0 aliphatic heterocycles. The summed E-state index contributed by atoms with van der Waals surface area (Å²) in [5.74, 6) is 0. The molecule has 1 heterocycles. The van der Waals surface area contributed by atoms with Gasteiger partial charge in [0, 0.05) is 18.6 Å². The van der Waals surface area contributed by atoms with Gasteiger partial charge in [0.05, 0.1) is 17.9 Å². The Kier molecular flexibility index (Phi) is 4.55. The minimum Gasteiger partial charge on any atom is -0.264 e. The summed E-state index contributed by atoms with van der Waals surface area (Å²) >= 11 is 3.40. The molecule has 5 nitrogen and oxygen atoms in total. The zero-order chi connectivity index (χ0) is 15.8. The van der Waals surface area contributed by atoms with Crippen LogP contribution < -0.4 is 0 Å². The molecular weight excluding hydrogens is 354 g/mol. The second kappa shape index (κ2) is 5.90. The summed E-state index contributed by atoms with van der Waals surface area (Å²) in [5, 5.41) is 4.38. The van der Waals surface area contributed by atoms with Crippen LogP contribution >= 0.6 is 15.9 Å². The van der Waals surface area contributed by atoms with Gasteiger partial charge in [0.25, 0.3) is 0 Å². The van der Waals surface area contributed by atoms with Crippen molar-refractivity contribution >= 4 is 26.0 Å². The molecule has 0 fully saturated rings. The molecule has 1 aromatic heterocycles. The van der Waals surface area contributed by atoms with E-state index in [-0.39, 0.29) is 0 Å². The third kappa shape index (κ3) is 3.20. The van der Waals surface area contributed by atoms with E-state index in [2.05, 4.69) is 21.0 Å². The minimum absolute atomic E-state index is 0.296. The van der Waals surface area contributed by atoms with E-state index < -0.39 is 10.0 Å². The number of rotatable bonds is 4. The Morgan fingerprint density at radius 1 is 1.19 bits per heavy atom. The first-order chi connectivity index (χ1) is 9.73. The normalized spacial score (nSPS) is 12.1. The van der Waals surface area contributed by atoms with Crippen molar-refractivity contribution in [2.24, 2.45) is 0 Å². The fraction of sp³-hybridized carbons (Fsp3) is 0.357. The lowest BCUT2D eigenvalue weighted by molar-refractivity contribution is 0.519. The predicted molar refractivity (Wildman–Crippen MR) is 85.8 cm³/mol. The molecule has 7 heteroatoms. The van der Waals surface area contributed by atoms with Crippen LogP contribution in [0.15, 0.2) is 33.6 Å². The van der Waals surface area contributed by atoms with Gasteiger partial charge in [-0.15, -0.1) is 0 Å². The van der Waals surface area contributed by atoms with E-state index in [0.717, 1.165) is 10.0 Å². The second-order valence-corrected chi connectivity index (χ2v) is 8.08. The number of benzene rings is 1. The van der Waals surface area contributed by atoms with Crippen molar-refractivity contribution in [3.8, 4) is 0 Å². The van der Waals surface area contributed by atoms with Crippen molar-refractivity contribution in [3.05, 3.63) is 45.7 Å². The van der Waals surface area contributed by atoms with Crippen LogP contribution in [0.25, 0.3) is 0 Å². The van der Waals surface area contributed by atoms with E-state index in [1.54, 1.807) is 18.5 Å². The smallest absolute Gasteiger partial charge is 0.246 e. The Morgan fingerprint density at radius 3 is 2.29 bits per heavy atom. The third-order valence-electron chi connectivity index (χ3n) is 3.30. The van der Waals surface area contributed by atoms with Crippen molar-refractivity contribution in [1.82, 2.24) is 14.1 Å². The molecule has 0 aliphatic carbocycles. The molecule has 0 bridgehead atoms. The number of aromatic nitrogens is 2. The number of nitrogens with zero attached hydrogens (tertiary/aromatic N) is 3. The third-order valence-corrected chi connectivity index (χ3v) is 5.90. The van der Waals surface area contributed by atoms with Crippen LogP contribution in [0.3, 0.4) is 0 Å². The first-order valence-electron chi connectivity index (χ1n) is 6.44. The Balaban J connectivity index is 2.42. The molecule has 0 aliphatic rings. The van der Waals surface area contributed by atoms with Gasteiger partial charge < -0.3 is 0 Å². The molecule has 1 aromatic carbocycles. The topological polar surface area (TPSA) is 55.2 Å². The highest BCUT2D eigenvalue weighted by Gasteiger charge is 2.26. The zero-order valence-electron chi connectivity index (χ0n) is 12.5. The first-order valence-corrected chi connectivity index (χ1v) is 8.67. The monoisotopic (exact) mass is 371 g/mol. The fourth-order valence-corrected chi connectivity index (χ4v) is 3.68. The van der Waals surface area contributed by atoms with Crippen LogP contribution in [0.2, 0.25) is 0 Å². The lowest BCUT2D eigenvalue weighted by Crippen LogP contribution is -2.23. The quantitative estimate of drug-likeness (QED) is 0.829. The zero-order valence-corrected chi connectivity index (χ0v) is 14.9. The highest BCUT2D eigenvalue weighted by molar-refractivity contribution is 9.10. The van der Waals surface area contributed by atoms with E-state index in [9.17, 15) is 8.42 Å². The van der Waals surface area contributed by atoms with Crippen molar-refractivity contribution in [2.45, 2.75) is 25.3 Å². The molecule has 0 saturated carbocycles. The first kappa shape index (κ1) is 16.2. The van der Waals surface area contributed by atoms with Gasteiger partial charge in [-0.05, 0) is 31.5 Å². The van der Waals surface area contributed by atoms with Crippen molar-refractivity contribution in [3.63, 3.8) is 0 Å². The van der Waals surface area contributed by atoms with Crippen LogP contribution in [0.1, 0.15) is 17.0 Å². The fourth-order valence-electron chi connectivity index (χ4n) is 2.15. The summed E-state index contributed by atoms with van der Waals surface area (Å²) in [6.07, 6.45) is 0. The maximum Gasteiger partial charge on any atom is 0.246 e. The number of halogens is 1. The Labute approximate surface area is 133 Å². The molecule has 114 valence electrons. The Bertz CT molecular complexity index is 749. The highest BCUT2D eigenvalue weighted by atomic mass is 79.9. The largest absolute Gasteiger partial charge is 0.264 e. The maximum absolute atomic E-state index is 12.4. The van der Waals surface area contributed by atoms with Crippen molar-refractivity contribution < 1.29 is 8.42 Å². The molecule has 0 N–H and O–H groups in total. The lowest BCUT2D eigenvalue weighted by Gasteiger charge is -2.11. The van der Waals surface area contributed by atoms with Gasteiger partial charge in [0.2, 0.25) is 10.0 Å². The summed E-state index contributed by atoms with van der Waals surface area (Å²) < 4.78 is 28.7. The number of hydrogen-bond acceptors (Lipinski definition) is 3. The maximum atomic E-state index is 12.4. The highest BCUT2D eigenvalue weighted by Crippen LogP contribution is 2.23. The molecule has 21 heavy (non-hydrogen) atoms. The molecule has 0 spiro atoms. The number of hydrogen-bond donors (Lipinski definition) is 0. The van der Waals surface area contributed by atoms with Crippen molar-refractivity contribution in [1.29, 1.82) is 0 Å². The molecule has 2 aromatic rings. The minimum atomic E-state index is -3.47. The summed E-state index contributed by atoms with van der Waals surface area (Å²) in [6.45, 7) is 4.06. The second-order valence-electron chi connectivity index (χ2n) is 5.07. The lowest BCUT2D eigenvalue weighted by atomic mass is 10.2. The van der Waals surface area contributed by atoms with Crippen LogP contribution in [0.4, 0.5) is 0 Å². The van der Waals surface area contributed by atoms with Gasteiger partial charge in [-0.3, -0.25) is 4.68 Å². The van der Waals surface area contributed by atoms with Gasteiger partial charge in [0.15, 0.2) is 0 Å². The molecule has 0 radical (unpaired) electrons. The molecular formula is C14H18BrN3O2S. The van der Waals surface area contributed by atoms with E-state index in [1.807, 2.05) is 24.3 Å². The number of sulfonamides is 1. The summed E-state index contributed by atoms with van der Waals surface area (Å²) in [5.41, 5.74) is 2.25. The van der Waals surface area contributed by atoms with Crippen LogP contribution in [0, 0.1) is 13.8 Å². The molecule has 0 amide bonds. The Morgan fingerprint density at radius 2 is 1.76 bits per heavy atom. The average Bonchev–Trinajstić information content (AvgIpc) is 2.67. The van der Waals surface area contributed by atoms with Crippen molar-refractivity contribution in [2.75, 3.05) is 14.1 Å². The van der Waals surface area contributed by atoms with Crippen LogP contribution in [0.5, 0.6) is 0 Å². The van der Waals surface area contributed by atoms with Gasteiger partial charge in [-0.2, -0.15) is 5.10 Å². The van der Waals surface area contributed by atoms with Gasteiger partial charge in [-0.1, -0.05) is 28.1 Å². The van der Waals surface area contributed by atoms with E-state index >= 15 is 0 Å². The standard InChI is InChI=1S/C14H18BrN3O2S/c1-10-14(21(19,20)17(3)4)11(2)18(16-10)9-12-5-7-13(15)8-6-12/h5-8H,9H2,1-4H3. The molecule has 0 saturated heterocycles. The Hall–Kier alpha value is -1.18.